The number of urea groups is 1. The smallest absolute Gasteiger partial charge is 0.317 e. The number of benzene rings is 1. The van der Waals surface area contributed by atoms with Gasteiger partial charge in [-0.1, -0.05) is 18.6 Å². The molecule has 2 saturated heterocycles. The van der Waals surface area contributed by atoms with Crippen molar-refractivity contribution in [2.45, 2.75) is 24.9 Å². The topological polar surface area (TPSA) is 87.9 Å². The van der Waals surface area contributed by atoms with E-state index in [2.05, 4.69) is 16.3 Å². The highest BCUT2D eigenvalue weighted by Crippen LogP contribution is 2.51. The fourth-order valence-corrected chi connectivity index (χ4v) is 5.53. The van der Waals surface area contributed by atoms with Gasteiger partial charge in [0.05, 0.1) is 0 Å². The quantitative estimate of drug-likeness (QED) is 0.731. The van der Waals surface area contributed by atoms with Crippen molar-refractivity contribution in [1.29, 1.82) is 0 Å². The third-order valence-electron chi connectivity index (χ3n) is 6.84. The second-order valence-electron chi connectivity index (χ2n) is 8.25. The number of nitrogens with one attached hydrogen (secondary N) is 1. The Hall–Kier alpha value is -1.83. The molecule has 1 aromatic rings. The fourth-order valence-electron chi connectivity index (χ4n) is 5.53. The Labute approximate surface area is 178 Å². The Kier molecular flexibility index (Phi) is 6.71. The average Bonchev–Trinajstić information content (AvgIpc) is 3.10. The lowest BCUT2D eigenvalue weighted by Gasteiger charge is -2.55. The fraction of sp³-hybridized carbons (Fsp3) is 0.619. The lowest BCUT2D eigenvalue weighted by Crippen LogP contribution is -2.59. The molecule has 0 aromatic heterocycles. The highest BCUT2D eigenvalue weighted by Gasteiger charge is 2.53. The van der Waals surface area contributed by atoms with Crippen LogP contribution in [0.5, 0.6) is 0 Å². The first-order chi connectivity index (χ1) is 13.5. The summed E-state index contributed by atoms with van der Waals surface area (Å²) in [6, 6.07) is 7.71. The summed E-state index contributed by atoms with van der Waals surface area (Å²) in [5.41, 5.74) is 6.76. The molecular formula is C21H31ClN4O3. The van der Waals surface area contributed by atoms with Crippen LogP contribution in [0.2, 0.25) is 0 Å². The van der Waals surface area contributed by atoms with Gasteiger partial charge in [-0.2, -0.15) is 0 Å². The summed E-state index contributed by atoms with van der Waals surface area (Å²) >= 11 is 0. The zero-order valence-electron chi connectivity index (χ0n) is 16.9. The third kappa shape index (κ3) is 3.96. The minimum Gasteiger partial charge on any atom is -0.373 e. The van der Waals surface area contributed by atoms with Crippen LogP contribution >= 0.6 is 12.4 Å². The maximum absolute atomic E-state index is 11.8. The number of primary amides is 1. The van der Waals surface area contributed by atoms with E-state index in [0.29, 0.717) is 17.4 Å². The van der Waals surface area contributed by atoms with Crippen LogP contribution in [0.4, 0.5) is 4.79 Å². The van der Waals surface area contributed by atoms with Crippen LogP contribution < -0.4 is 11.1 Å². The number of hydrogen-bond acceptors (Lipinski definition) is 4. The van der Waals surface area contributed by atoms with Gasteiger partial charge in [-0.15, -0.1) is 12.4 Å². The van der Waals surface area contributed by atoms with Crippen molar-refractivity contribution in [1.82, 2.24) is 15.1 Å². The molecule has 8 heteroatoms. The first kappa shape index (κ1) is 21.9. The van der Waals surface area contributed by atoms with Gasteiger partial charge in [0.1, 0.15) is 5.60 Å². The number of likely N-dealkylation sites (tertiary alicyclic amines) is 1. The lowest BCUT2D eigenvalue weighted by molar-refractivity contribution is -0.169. The van der Waals surface area contributed by atoms with Gasteiger partial charge in [0.25, 0.3) is 0 Å². The molecule has 3 fully saturated rings. The van der Waals surface area contributed by atoms with E-state index in [9.17, 15) is 9.59 Å². The zero-order chi connectivity index (χ0) is 19.7. The Morgan fingerprint density at radius 1 is 1.28 bits per heavy atom. The molecule has 0 radical (unpaired) electrons. The number of hydrogen-bond donors (Lipinski definition) is 2. The molecule has 0 spiro atoms. The van der Waals surface area contributed by atoms with Crippen molar-refractivity contribution in [2.75, 3.05) is 46.4 Å². The molecule has 2 bridgehead atoms. The number of nitrogens with zero attached hydrogens (tertiary/aromatic N) is 2. The number of ether oxygens (including phenoxy) is 1. The molecule has 2 aliphatic heterocycles. The van der Waals surface area contributed by atoms with Crippen LogP contribution in [0.1, 0.15) is 35.2 Å². The van der Waals surface area contributed by atoms with Crippen molar-refractivity contribution in [3.05, 3.63) is 35.4 Å². The first-order valence-electron chi connectivity index (χ1n) is 10.2. The number of piperidine rings is 1. The predicted octanol–water partition coefficient (Wildman–Crippen LogP) is 1.81. The molecule has 1 aromatic carbocycles. The molecular weight excluding hydrogens is 392 g/mol. The summed E-state index contributed by atoms with van der Waals surface area (Å²) in [7, 11) is 1.80. The van der Waals surface area contributed by atoms with E-state index in [0.717, 1.165) is 57.7 Å². The summed E-state index contributed by atoms with van der Waals surface area (Å²) in [4.78, 5) is 27.9. The first-order valence-corrected chi connectivity index (χ1v) is 10.2. The second kappa shape index (κ2) is 8.90. The molecule has 7 nitrogen and oxygen atoms in total. The van der Waals surface area contributed by atoms with E-state index < -0.39 is 5.91 Å². The van der Waals surface area contributed by atoms with E-state index in [1.54, 1.807) is 13.2 Å². The van der Waals surface area contributed by atoms with Gasteiger partial charge in [-0.25, -0.2) is 4.79 Å². The standard InChI is InChI=1S/C21H30N4O3.ClH/c1-28-21(16-5-2-4-15(12-16)19(22)26)17-6-3-7-18(21)14-24(13-17)10-11-25-9-8-23-20(25)27;/h2,4-5,12,17-18H,3,6-11,13-14H2,1H3,(H2,22,26)(H,23,27);1H/t17-,18+,21+;. The molecule has 0 unspecified atom stereocenters. The summed E-state index contributed by atoms with van der Waals surface area (Å²) in [5, 5.41) is 2.87. The highest BCUT2D eigenvalue weighted by atomic mass is 35.5. The normalized spacial score (nSPS) is 29.3. The van der Waals surface area contributed by atoms with E-state index in [1.165, 1.54) is 6.42 Å². The molecule has 2 heterocycles. The minimum absolute atomic E-state index is 0. The number of fused-ring (bicyclic) bond motifs is 2. The molecule has 3 aliphatic rings. The largest absolute Gasteiger partial charge is 0.373 e. The Morgan fingerprint density at radius 2 is 2.00 bits per heavy atom. The van der Waals surface area contributed by atoms with Gasteiger partial charge in [-0.05, 0) is 30.5 Å². The summed E-state index contributed by atoms with van der Waals surface area (Å²) in [5.74, 6) is 0.320. The molecule has 160 valence electrons. The van der Waals surface area contributed by atoms with Crippen LogP contribution in [-0.2, 0) is 10.3 Å². The maximum Gasteiger partial charge on any atom is 0.317 e. The van der Waals surface area contributed by atoms with Gasteiger partial charge in [0, 0.05) is 63.8 Å². The van der Waals surface area contributed by atoms with Crippen molar-refractivity contribution in [3.63, 3.8) is 0 Å². The second-order valence-corrected chi connectivity index (χ2v) is 8.25. The van der Waals surface area contributed by atoms with Crippen LogP contribution in [0.15, 0.2) is 24.3 Å². The van der Waals surface area contributed by atoms with Crippen LogP contribution in [-0.4, -0.2) is 68.1 Å². The molecule has 3 amide bonds. The predicted molar refractivity (Wildman–Crippen MR) is 113 cm³/mol. The summed E-state index contributed by atoms with van der Waals surface area (Å²) < 4.78 is 6.26. The van der Waals surface area contributed by atoms with Gasteiger partial charge in [-0.3, -0.25) is 4.79 Å². The van der Waals surface area contributed by atoms with E-state index in [4.69, 9.17) is 10.5 Å². The number of carbonyl (C=O) groups excluding carboxylic acids is 2. The number of carbonyl (C=O) groups is 2. The Balaban J connectivity index is 0.00000240. The molecule has 4 rings (SSSR count). The zero-order valence-corrected chi connectivity index (χ0v) is 17.7. The van der Waals surface area contributed by atoms with Crippen molar-refractivity contribution in [2.24, 2.45) is 17.6 Å². The molecule has 1 saturated carbocycles. The van der Waals surface area contributed by atoms with E-state index in [1.807, 2.05) is 17.0 Å². The minimum atomic E-state index is -0.403. The Bertz CT molecular complexity index is 745. The van der Waals surface area contributed by atoms with Crippen molar-refractivity contribution >= 4 is 24.3 Å². The number of amides is 3. The number of methoxy groups -OCH3 is 1. The number of halogens is 1. The third-order valence-corrected chi connectivity index (χ3v) is 6.84. The lowest BCUT2D eigenvalue weighted by atomic mass is 9.62. The number of rotatable bonds is 6. The SMILES string of the molecule is CO[C@@]1(c2cccc(C(N)=O)c2)[C@@H]2CCC[C@H]1CN(CCN1CCNC1=O)C2.Cl. The van der Waals surface area contributed by atoms with E-state index >= 15 is 0 Å². The molecule has 29 heavy (non-hydrogen) atoms. The average molecular weight is 423 g/mol. The molecule has 1 aliphatic carbocycles. The van der Waals surface area contributed by atoms with Crippen LogP contribution in [0.3, 0.4) is 0 Å². The van der Waals surface area contributed by atoms with Gasteiger partial charge in [0.2, 0.25) is 5.91 Å². The molecule has 3 N–H and O–H groups in total. The van der Waals surface area contributed by atoms with Gasteiger partial charge >= 0.3 is 6.03 Å². The van der Waals surface area contributed by atoms with Crippen LogP contribution in [0.25, 0.3) is 0 Å². The highest BCUT2D eigenvalue weighted by molar-refractivity contribution is 5.93. The van der Waals surface area contributed by atoms with E-state index in [-0.39, 0.29) is 24.0 Å². The van der Waals surface area contributed by atoms with Crippen LogP contribution in [0, 0.1) is 11.8 Å². The van der Waals surface area contributed by atoms with Crippen molar-refractivity contribution < 1.29 is 14.3 Å². The van der Waals surface area contributed by atoms with Crippen molar-refractivity contribution in [3.8, 4) is 0 Å². The number of nitrogens with two attached hydrogens (primary N) is 1. The maximum atomic E-state index is 11.8. The summed E-state index contributed by atoms with van der Waals surface area (Å²) in [6.07, 6.45) is 3.41. The van der Waals surface area contributed by atoms with Gasteiger partial charge < -0.3 is 25.6 Å². The Morgan fingerprint density at radius 3 is 2.59 bits per heavy atom. The monoisotopic (exact) mass is 422 g/mol. The summed E-state index contributed by atoms with van der Waals surface area (Å²) in [6.45, 7) is 5.08. The molecule has 3 atom stereocenters. The van der Waals surface area contributed by atoms with Gasteiger partial charge in [0.15, 0.2) is 0 Å².